The topological polar surface area (TPSA) is 183 Å². The predicted molar refractivity (Wildman–Crippen MR) is 187 cm³/mol. The van der Waals surface area contributed by atoms with Crippen molar-refractivity contribution in [3.05, 3.63) is 36.0 Å². The molecule has 4 aliphatic heterocycles. The zero-order chi connectivity index (χ0) is 38.4. The highest BCUT2D eigenvalue weighted by Gasteiger charge is 2.93. The van der Waals surface area contributed by atoms with Crippen LogP contribution in [-0.4, -0.2) is 111 Å². The highest BCUT2D eigenvalue weighted by molar-refractivity contribution is 6.05. The molecule has 2 saturated carbocycles. The highest BCUT2D eigenvalue weighted by atomic mass is 16.9. The van der Waals surface area contributed by atoms with Crippen LogP contribution in [0.2, 0.25) is 0 Å². The number of aliphatic hydroxyl groups is 3. The molecule has 3 aliphatic carbocycles. The number of rotatable bonds is 15. The van der Waals surface area contributed by atoms with Crippen LogP contribution in [0.25, 0.3) is 0 Å². The van der Waals surface area contributed by atoms with E-state index in [2.05, 4.69) is 6.92 Å². The van der Waals surface area contributed by atoms with Crippen LogP contribution in [0.4, 0.5) is 0 Å². The van der Waals surface area contributed by atoms with Gasteiger partial charge in [0.25, 0.3) is 0 Å². The number of Topliss-reactive ketones (excluding diaryl/α,β-unsaturated/α-hetero) is 1. The summed E-state index contributed by atoms with van der Waals surface area (Å²) in [5, 5.41) is 35.6. The molecule has 6 fully saturated rings. The maximum Gasteiger partial charge on any atom is 0.306 e. The highest BCUT2D eigenvalue weighted by Crippen LogP contribution is 2.74. The maximum absolute atomic E-state index is 14.1. The number of unbranched alkanes of at least 4 members (excludes halogenated alkanes) is 3. The SMILES string of the molecule is CCCCC/C=C/C=C/C12O[C@@H]3[C@@H]4[C@@H]5O[C@]5(CO)[C@@H](O)[C@]5(O)C(=O)C(C)=C[C@H]5[C@@]4(O1)[C@H](COC(=O)CC(C)C)[C@H](OC(=O)CC(C)C)[C@]3(C1(C)CO1)O2. The molecule has 2 unspecified atom stereocenters. The van der Waals surface area contributed by atoms with Gasteiger partial charge in [-0.2, -0.15) is 0 Å². The molecule has 13 nitrogen and oxygen atoms in total. The molecule has 4 heterocycles. The van der Waals surface area contributed by atoms with E-state index < -0.39 is 100 Å². The molecule has 13 heteroatoms. The van der Waals surface area contributed by atoms with Gasteiger partial charge in [0.05, 0.1) is 19.1 Å². The van der Waals surface area contributed by atoms with Crippen molar-refractivity contribution >= 4 is 17.7 Å². The number of epoxide rings is 2. The molecule has 0 aromatic rings. The smallest absolute Gasteiger partial charge is 0.306 e. The van der Waals surface area contributed by atoms with Crippen LogP contribution >= 0.6 is 0 Å². The van der Waals surface area contributed by atoms with Crippen LogP contribution in [0.1, 0.15) is 87.0 Å². The first-order chi connectivity index (χ1) is 25.0. The fourth-order valence-corrected chi connectivity index (χ4v) is 10.1. The molecule has 294 valence electrons. The summed E-state index contributed by atoms with van der Waals surface area (Å²) in [4.78, 5) is 41.3. The lowest BCUT2D eigenvalue weighted by Gasteiger charge is -2.61. The van der Waals surface area contributed by atoms with E-state index in [9.17, 15) is 29.7 Å². The molecule has 0 radical (unpaired) electrons. The van der Waals surface area contributed by atoms with Crippen molar-refractivity contribution in [3.63, 3.8) is 0 Å². The van der Waals surface area contributed by atoms with E-state index in [1.165, 1.54) is 6.92 Å². The Morgan fingerprint density at radius 1 is 1.04 bits per heavy atom. The number of fused-ring (bicyclic) bond motifs is 3. The molecule has 3 bridgehead atoms. The van der Waals surface area contributed by atoms with Crippen LogP contribution in [0.5, 0.6) is 0 Å². The first-order valence-electron chi connectivity index (χ1n) is 19.4. The van der Waals surface area contributed by atoms with E-state index in [1.807, 2.05) is 46.8 Å². The van der Waals surface area contributed by atoms with Gasteiger partial charge in [-0.3, -0.25) is 14.4 Å². The zero-order valence-electron chi connectivity index (χ0n) is 31.9. The number of ether oxygens (including phenoxy) is 7. The van der Waals surface area contributed by atoms with E-state index >= 15 is 0 Å². The van der Waals surface area contributed by atoms with Gasteiger partial charge in [0.2, 0.25) is 0 Å². The fourth-order valence-electron chi connectivity index (χ4n) is 10.1. The van der Waals surface area contributed by atoms with Gasteiger partial charge >= 0.3 is 17.9 Å². The van der Waals surface area contributed by atoms with Gasteiger partial charge < -0.3 is 48.5 Å². The lowest BCUT2D eigenvalue weighted by Crippen LogP contribution is -2.79. The van der Waals surface area contributed by atoms with Crippen LogP contribution in [0.15, 0.2) is 36.0 Å². The maximum atomic E-state index is 14.1. The Hall–Kier alpha value is -2.49. The molecule has 53 heavy (non-hydrogen) atoms. The van der Waals surface area contributed by atoms with Crippen LogP contribution in [0, 0.1) is 29.6 Å². The summed E-state index contributed by atoms with van der Waals surface area (Å²) in [7, 11) is 0. The standard InChI is InChI=1S/C40H56O13/c1-8-9-10-11-12-13-14-15-37-51-33-29-32-36(20-41,50-32)34(45)38(46)26(18-24(6)30(38)44)39(29,52-37)25(19-47-27(42)16-22(2)3)31(49-28(43)17-23(4)5)40(33,53-37)35(7)21-48-35/h12-15,18,22-23,25-26,29,31-34,41,45-46H,8-11,16-17,19-21H2,1-7H3/b13-12+,15-14+/t25-,26-,29+,31+,32+,33-,34-,35?,36+,37?,38-,39+,40+/m1/s1. The summed E-state index contributed by atoms with van der Waals surface area (Å²) in [5.74, 6) is -7.23. The molecule has 4 saturated heterocycles. The Labute approximate surface area is 311 Å². The van der Waals surface area contributed by atoms with E-state index in [0.29, 0.717) is 0 Å². The zero-order valence-corrected chi connectivity index (χ0v) is 31.9. The second-order valence-electron chi connectivity index (χ2n) is 17.3. The third-order valence-corrected chi connectivity index (χ3v) is 12.6. The fraction of sp³-hybridized carbons (Fsp3) is 0.775. The third-order valence-electron chi connectivity index (χ3n) is 12.6. The van der Waals surface area contributed by atoms with Gasteiger partial charge in [0.15, 0.2) is 17.0 Å². The van der Waals surface area contributed by atoms with E-state index in [1.54, 1.807) is 18.2 Å². The summed E-state index contributed by atoms with van der Waals surface area (Å²) in [6.45, 7) is 12.2. The van der Waals surface area contributed by atoms with Crippen molar-refractivity contribution in [3.8, 4) is 0 Å². The van der Waals surface area contributed by atoms with Crippen molar-refractivity contribution in [2.24, 2.45) is 29.6 Å². The second kappa shape index (κ2) is 13.3. The Balaban J connectivity index is 1.46. The van der Waals surface area contributed by atoms with Crippen molar-refractivity contribution in [2.45, 2.75) is 145 Å². The minimum absolute atomic E-state index is 0.0194. The molecule has 13 atom stereocenters. The number of hydrogen-bond acceptors (Lipinski definition) is 13. The van der Waals surface area contributed by atoms with Crippen LogP contribution in [0.3, 0.4) is 0 Å². The van der Waals surface area contributed by atoms with Gasteiger partial charge in [-0.25, -0.2) is 0 Å². The Morgan fingerprint density at radius 3 is 2.38 bits per heavy atom. The van der Waals surface area contributed by atoms with Crippen molar-refractivity contribution in [1.29, 1.82) is 0 Å². The Bertz CT molecular complexity index is 1580. The molecule has 3 N–H and O–H groups in total. The summed E-state index contributed by atoms with van der Waals surface area (Å²) >= 11 is 0. The predicted octanol–water partition coefficient (Wildman–Crippen LogP) is 3.22. The molecule has 7 aliphatic rings. The second-order valence-corrected chi connectivity index (χ2v) is 17.3. The van der Waals surface area contributed by atoms with Gasteiger partial charge in [0.1, 0.15) is 47.8 Å². The summed E-state index contributed by atoms with van der Waals surface area (Å²) in [6.07, 6.45) is 7.86. The van der Waals surface area contributed by atoms with Crippen molar-refractivity contribution in [1.82, 2.24) is 0 Å². The number of ketones is 1. The molecule has 0 amide bonds. The van der Waals surface area contributed by atoms with Crippen LogP contribution in [-0.2, 0) is 47.5 Å². The number of carbonyl (C=O) groups excluding carboxylic acids is 3. The van der Waals surface area contributed by atoms with E-state index in [4.69, 9.17) is 33.2 Å². The third kappa shape index (κ3) is 5.58. The van der Waals surface area contributed by atoms with Gasteiger partial charge in [-0.1, -0.05) is 71.8 Å². The first-order valence-corrected chi connectivity index (χ1v) is 19.4. The quantitative estimate of drug-likeness (QED) is 0.0963. The average Bonchev–Trinajstić information content (AvgIpc) is 3.99. The average molecular weight is 745 g/mol. The Morgan fingerprint density at radius 2 is 1.74 bits per heavy atom. The number of esters is 2. The lowest BCUT2D eigenvalue weighted by molar-refractivity contribution is -0.409. The molecule has 0 aromatic heterocycles. The van der Waals surface area contributed by atoms with Crippen molar-refractivity contribution < 1.29 is 62.9 Å². The number of allylic oxidation sites excluding steroid dienone is 3. The number of hydrogen-bond donors (Lipinski definition) is 3. The summed E-state index contributed by atoms with van der Waals surface area (Å²) in [5.41, 5.74) is -8.66. The minimum atomic E-state index is -2.55. The summed E-state index contributed by atoms with van der Waals surface area (Å²) in [6, 6.07) is 0. The van der Waals surface area contributed by atoms with Crippen molar-refractivity contribution in [2.75, 3.05) is 19.8 Å². The minimum Gasteiger partial charge on any atom is -0.465 e. The molecular formula is C40H56O13. The normalized spacial score (nSPS) is 46.1. The lowest BCUT2D eigenvalue weighted by atomic mass is 9.51. The first kappa shape index (κ1) is 38.8. The monoisotopic (exact) mass is 744 g/mol. The Kier molecular flexibility index (Phi) is 9.75. The van der Waals surface area contributed by atoms with Crippen LogP contribution < -0.4 is 0 Å². The van der Waals surface area contributed by atoms with Gasteiger partial charge in [-0.15, -0.1) is 0 Å². The van der Waals surface area contributed by atoms with E-state index in [-0.39, 0.29) is 43.5 Å². The van der Waals surface area contributed by atoms with Gasteiger partial charge in [-0.05, 0) is 44.1 Å². The van der Waals surface area contributed by atoms with Gasteiger partial charge in [0, 0.05) is 30.8 Å². The summed E-state index contributed by atoms with van der Waals surface area (Å²) < 4.78 is 46.1. The molecular weight excluding hydrogens is 688 g/mol. The van der Waals surface area contributed by atoms with E-state index in [0.717, 1.165) is 25.7 Å². The largest absolute Gasteiger partial charge is 0.465 e. The number of aliphatic hydroxyl groups excluding tert-OH is 2. The molecule has 0 spiro atoms. The number of carbonyl (C=O) groups is 3. The molecule has 7 rings (SSSR count). The molecule has 0 aromatic carbocycles.